The van der Waals surface area contributed by atoms with E-state index < -0.39 is 10.5 Å². The SMILES string of the molecule is COc1cccc(NCC2(OC)CCOC2)c1[N+](=O)[O-]. The molecule has 1 aliphatic rings. The van der Waals surface area contributed by atoms with Crippen LogP contribution < -0.4 is 10.1 Å². The lowest BCUT2D eigenvalue weighted by Crippen LogP contribution is -2.39. The molecule has 1 unspecified atom stereocenters. The molecule has 110 valence electrons. The zero-order valence-corrected chi connectivity index (χ0v) is 11.5. The molecule has 1 saturated heterocycles. The first kappa shape index (κ1) is 14.5. The summed E-state index contributed by atoms with van der Waals surface area (Å²) in [4.78, 5) is 10.7. The van der Waals surface area contributed by atoms with Gasteiger partial charge >= 0.3 is 5.69 Å². The zero-order valence-electron chi connectivity index (χ0n) is 11.5. The molecule has 1 fully saturated rings. The molecule has 1 aliphatic heterocycles. The molecule has 0 aromatic heterocycles. The Morgan fingerprint density at radius 1 is 1.50 bits per heavy atom. The number of rotatable bonds is 6. The Labute approximate surface area is 117 Å². The number of hydrogen-bond acceptors (Lipinski definition) is 6. The predicted octanol–water partition coefficient (Wildman–Crippen LogP) is 1.82. The van der Waals surface area contributed by atoms with Crippen molar-refractivity contribution in [1.82, 2.24) is 0 Å². The van der Waals surface area contributed by atoms with Gasteiger partial charge in [-0.3, -0.25) is 10.1 Å². The van der Waals surface area contributed by atoms with Gasteiger partial charge in [0.25, 0.3) is 0 Å². The number of ether oxygens (including phenoxy) is 3. The molecule has 1 heterocycles. The van der Waals surface area contributed by atoms with Gasteiger partial charge in [0, 0.05) is 26.7 Å². The quantitative estimate of drug-likeness (QED) is 0.633. The van der Waals surface area contributed by atoms with Crippen molar-refractivity contribution in [1.29, 1.82) is 0 Å². The molecule has 0 amide bonds. The smallest absolute Gasteiger partial charge is 0.333 e. The number of anilines is 1. The van der Waals surface area contributed by atoms with Crippen molar-refractivity contribution >= 4 is 11.4 Å². The van der Waals surface area contributed by atoms with Crippen molar-refractivity contribution in [2.24, 2.45) is 0 Å². The van der Waals surface area contributed by atoms with Crippen molar-refractivity contribution in [3.8, 4) is 5.75 Å². The van der Waals surface area contributed by atoms with Gasteiger partial charge in [-0.25, -0.2) is 0 Å². The lowest BCUT2D eigenvalue weighted by atomic mass is 10.0. The van der Waals surface area contributed by atoms with Gasteiger partial charge in [0.05, 0.1) is 18.6 Å². The van der Waals surface area contributed by atoms with E-state index in [0.717, 1.165) is 6.42 Å². The van der Waals surface area contributed by atoms with E-state index >= 15 is 0 Å². The lowest BCUT2D eigenvalue weighted by Gasteiger charge is -2.26. The van der Waals surface area contributed by atoms with E-state index in [1.54, 1.807) is 25.3 Å². The number of para-hydroxylation sites is 1. The summed E-state index contributed by atoms with van der Waals surface area (Å²) >= 11 is 0. The number of nitro benzene ring substituents is 1. The van der Waals surface area contributed by atoms with Crippen LogP contribution in [0.4, 0.5) is 11.4 Å². The first-order valence-electron chi connectivity index (χ1n) is 6.30. The summed E-state index contributed by atoms with van der Waals surface area (Å²) in [5.41, 5.74) is -0.0884. The van der Waals surface area contributed by atoms with Crippen LogP contribution in [0.2, 0.25) is 0 Å². The van der Waals surface area contributed by atoms with E-state index in [1.165, 1.54) is 7.11 Å². The van der Waals surface area contributed by atoms with E-state index in [-0.39, 0.29) is 11.4 Å². The Hall–Kier alpha value is -1.86. The molecule has 2 rings (SSSR count). The number of nitrogens with one attached hydrogen (secondary N) is 1. The second-order valence-corrected chi connectivity index (χ2v) is 4.66. The van der Waals surface area contributed by atoms with Crippen LogP contribution in [0.1, 0.15) is 6.42 Å². The lowest BCUT2D eigenvalue weighted by molar-refractivity contribution is -0.384. The fourth-order valence-corrected chi connectivity index (χ4v) is 2.24. The predicted molar refractivity (Wildman–Crippen MR) is 73.3 cm³/mol. The molecule has 0 spiro atoms. The molecular weight excluding hydrogens is 264 g/mol. The highest BCUT2D eigenvalue weighted by molar-refractivity contribution is 5.68. The summed E-state index contributed by atoms with van der Waals surface area (Å²) in [5.74, 6) is 0.231. The minimum atomic E-state index is -0.453. The maximum atomic E-state index is 11.2. The Kier molecular flexibility index (Phi) is 4.41. The van der Waals surface area contributed by atoms with E-state index in [2.05, 4.69) is 5.32 Å². The van der Waals surface area contributed by atoms with Gasteiger partial charge in [-0.1, -0.05) is 6.07 Å². The van der Waals surface area contributed by atoms with Gasteiger partial charge in [0.15, 0.2) is 5.75 Å². The summed E-state index contributed by atoms with van der Waals surface area (Å²) in [7, 11) is 3.03. The van der Waals surface area contributed by atoms with E-state index in [0.29, 0.717) is 25.4 Å². The normalized spacial score (nSPS) is 21.7. The average molecular weight is 282 g/mol. The molecule has 7 nitrogen and oxygen atoms in total. The first-order chi connectivity index (χ1) is 9.62. The van der Waals surface area contributed by atoms with Gasteiger partial charge in [-0.15, -0.1) is 0 Å². The highest BCUT2D eigenvalue weighted by Gasteiger charge is 2.35. The largest absolute Gasteiger partial charge is 0.490 e. The summed E-state index contributed by atoms with van der Waals surface area (Å²) < 4.78 is 15.9. The Balaban J connectivity index is 2.19. The number of methoxy groups -OCH3 is 2. The fourth-order valence-electron chi connectivity index (χ4n) is 2.24. The van der Waals surface area contributed by atoms with Crippen molar-refractivity contribution in [3.63, 3.8) is 0 Å². The maximum absolute atomic E-state index is 11.2. The number of nitro groups is 1. The molecule has 0 saturated carbocycles. The number of hydrogen-bond donors (Lipinski definition) is 1. The Morgan fingerprint density at radius 2 is 2.30 bits per heavy atom. The van der Waals surface area contributed by atoms with Crippen LogP contribution in [0.15, 0.2) is 18.2 Å². The monoisotopic (exact) mass is 282 g/mol. The molecule has 20 heavy (non-hydrogen) atoms. The van der Waals surface area contributed by atoms with Crippen molar-refractivity contribution in [2.75, 3.05) is 39.3 Å². The fraction of sp³-hybridized carbons (Fsp3) is 0.538. The second-order valence-electron chi connectivity index (χ2n) is 4.66. The van der Waals surface area contributed by atoms with Crippen LogP contribution in [0.25, 0.3) is 0 Å². The second kappa shape index (κ2) is 6.06. The molecule has 1 atom stereocenters. The van der Waals surface area contributed by atoms with Crippen LogP contribution in [-0.2, 0) is 9.47 Å². The van der Waals surface area contributed by atoms with Gasteiger partial charge in [0.2, 0.25) is 0 Å². The molecule has 7 heteroatoms. The molecule has 1 aromatic rings. The highest BCUT2D eigenvalue weighted by Crippen LogP contribution is 2.35. The molecular formula is C13H18N2O5. The van der Waals surface area contributed by atoms with Crippen LogP contribution >= 0.6 is 0 Å². The van der Waals surface area contributed by atoms with E-state index in [4.69, 9.17) is 14.2 Å². The average Bonchev–Trinajstić information content (AvgIpc) is 2.93. The summed E-state index contributed by atoms with van der Waals surface area (Å²) in [6.07, 6.45) is 0.758. The van der Waals surface area contributed by atoms with Gasteiger partial charge in [0.1, 0.15) is 11.3 Å². The van der Waals surface area contributed by atoms with Crippen LogP contribution in [0, 0.1) is 10.1 Å². The minimum Gasteiger partial charge on any atom is -0.490 e. The topological polar surface area (TPSA) is 82.9 Å². The third-order valence-electron chi connectivity index (χ3n) is 3.50. The van der Waals surface area contributed by atoms with Crippen LogP contribution in [0.3, 0.4) is 0 Å². The molecule has 1 aromatic carbocycles. The molecule has 1 N–H and O–H groups in total. The molecule has 0 aliphatic carbocycles. The maximum Gasteiger partial charge on any atom is 0.333 e. The highest BCUT2D eigenvalue weighted by atomic mass is 16.6. The Bertz CT molecular complexity index is 486. The van der Waals surface area contributed by atoms with Crippen molar-refractivity contribution < 1.29 is 19.1 Å². The van der Waals surface area contributed by atoms with Crippen LogP contribution in [0.5, 0.6) is 5.75 Å². The Morgan fingerprint density at radius 3 is 2.85 bits per heavy atom. The van der Waals surface area contributed by atoms with Gasteiger partial charge in [-0.2, -0.15) is 0 Å². The third kappa shape index (κ3) is 2.83. The van der Waals surface area contributed by atoms with Gasteiger partial charge in [-0.05, 0) is 12.1 Å². The van der Waals surface area contributed by atoms with E-state index in [1.807, 2.05) is 0 Å². The molecule has 0 bridgehead atoms. The summed E-state index contributed by atoms with van der Waals surface area (Å²) in [5, 5.41) is 14.3. The zero-order chi connectivity index (χ0) is 14.6. The molecule has 0 radical (unpaired) electrons. The standard InChI is InChI=1S/C13H18N2O5/c1-18-11-5-3-4-10(12(11)15(16)17)14-8-13(19-2)6-7-20-9-13/h3-5,14H,6-9H2,1-2H3. The summed E-state index contributed by atoms with van der Waals surface area (Å²) in [6, 6.07) is 4.92. The van der Waals surface area contributed by atoms with E-state index in [9.17, 15) is 10.1 Å². The van der Waals surface area contributed by atoms with Crippen molar-refractivity contribution in [3.05, 3.63) is 28.3 Å². The minimum absolute atomic E-state index is 0.0693. The van der Waals surface area contributed by atoms with Crippen LogP contribution in [-0.4, -0.2) is 44.5 Å². The van der Waals surface area contributed by atoms with Gasteiger partial charge < -0.3 is 19.5 Å². The van der Waals surface area contributed by atoms with Crippen molar-refractivity contribution in [2.45, 2.75) is 12.0 Å². The number of benzene rings is 1. The third-order valence-corrected chi connectivity index (χ3v) is 3.50. The number of nitrogens with zero attached hydrogens (tertiary/aromatic N) is 1. The first-order valence-corrected chi connectivity index (χ1v) is 6.30. The summed E-state index contributed by atoms with van der Waals surface area (Å²) in [6.45, 7) is 1.56.